The van der Waals surface area contributed by atoms with E-state index in [2.05, 4.69) is 5.16 Å². The van der Waals surface area contributed by atoms with Crippen LogP contribution in [0.3, 0.4) is 0 Å². The number of morpholine rings is 1. The SMILES string of the molecule is Cc1cc(C2CCCN2C(=O)CN2CCOCC2=O)no1. The molecule has 3 rings (SSSR count). The highest BCUT2D eigenvalue weighted by atomic mass is 16.5. The molecule has 3 heterocycles. The summed E-state index contributed by atoms with van der Waals surface area (Å²) in [5.41, 5.74) is 0.798. The first kappa shape index (κ1) is 14.1. The molecule has 114 valence electrons. The summed E-state index contributed by atoms with van der Waals surface area (Å²) in [6, 6.07) is 1.84. The number of rotatable bonds is 3. The van der Waals surface area contributed by atoms with Crippen molar-refractivity contribution in [2.45, 2.75) is 25.8 Å². The normalized spacial score (nSPS) is 22.9. The zero-order valence-electron chi connectivity index (χ0n) is 12.1. The monoisotopic (exact) mass is 293 g/mol. The average molecular weight is 293 g/mol. The van der Waals surface area contributed by atoms with E-state index >= 15 is 0 Å². The van der Waals surface area contributed by atoms with Gasteiger partial charge in [0.25, 0.3) is 0 Å². The van der Waals surface area contributed by atoms with E-state index in [4.69, 9.17) is 9.26 Å². The molecular weight excluding hydrogens is 274 g/mol. The quantitative estimate of drug-likeness (QED) is 0.811. The highest BCUT2D eigenvalue weighted by molar-refractivity contribution is 5.86. The van der Waals surface area contributed by atoms with Crippen molar-refractivity contribution in [1.29, 1.82) is 0 Å². The lowest BCUT2D eigenvalue weighted by molar-refractivity contribution is -0.148. The van der Waals surface area contributed by atoms with Crippen molar-refractivity contribution >= 4 is 11.8 Å². The number of carbonyl (C=O) groups excluding carboxylic acids is 2. The van der Waals surface area contributed by atoms with Crippen molar-refractivity contribution in [3.63, 3.8) is 0 Å². The summed E-state index contributed by atoms with van der Waals surface area (Å²) in [6.07, 6.45) is 1.83. The maximum Gasteiger partial charge on any atom is 0.249 e. The van der Waals surface area contributed by atoms with Gasteiger partial charge >= 0.3 is 0 Å². The standard InChI is InChI=1S/C14H19N3O4/c1-10-7-11(15-21-10)12-3-2-4-17(12)13(18)8-16-5-6-20-9-14(16)19/h7,12H,2-6,8-9H2,1H3. The lowest BCUT2D eigenvalue weighted by Crippen LogP contribution is -2.47. The topological polar surface area (TPSA) is 75.9 Å². The molecule has 0 spiro atoms. The largest absolute Gasteiger partial charge is 0.370 e. The fourth-order valence-electron chi connectivity index (χ4n) is 2.89. The molecule has 1 atom stereocenters. The molecular formula is C14H19N3O4. The molecule has 2 aliphatic rings. The van der Waals surface area contributed by atoms with Gasteiger partial charge in [-0.1, -0.05) is 5.16 Å². The zero-order chi connectivity index (χ0) is 14.8. The molecule has 7 nitrogen and oxygen atoms in total. The lowest BCUT2D eigenvalue weighted by atomic mass is 10.1. The van der Waals surface area contributed by atoms with Crippen LogP contribution in [0.25, 0.3) is 0 Å². The maximum atomic E-state index is 12.5. The third-order valence-electron chi connectivity index (χ3n) is 3.97. The molecule has 0 saturated carbocycles. The van der Waals surface area contributed by atoms with Gasteiger partial charge in [0, 0.05) is 19.2 Å². The van der Waals surface area contributed by atoms with Gasteiger partial charge in [-0.3, -0.25) is 9.59 Å². The molecule has 1 aromatic rings. The number of amides is 2. The van der Waals surface area contributed by atoms with E-state index in [1.54, 1.807) is 9.80 Å². The second-order valence-electron chi connectivity index (χ2n) is 5.48. The van der Waals surface area contributed by atoms with Crippen molar-refractivity contribution in [2.75, 3.05) is 32.8 Å². The highest BCUT2D eigenvalue weighted by Crippen LogP contribution is 2.31. The fraction of sp³-hybridized carbons (Fsp3) is 0.643. The van der Waals surface area contributed by atoms with Crippen LogP contribution in [0.4, 0.5) is 0 Å². The molecule has 2 saturated heterocycles. The van der Waals surface area contributed by atoms with Crippen molar-refractivity contribution in [2.24, 2.45) is 0 Å². The van der Waals surface area contributed by atoms with Crippen molar-refractivity contribution in [3.05, 3.63) is 17.5 Å². The number of nitrogens with zero attached hydrogens (tertiary/aromatic N) is 3. The van der Waals surface area contributed by atoms with Crippen molar-refractivity contribution in [3.8, 4) is 0 Å². The third-order valence-corrected chi connectivity index (χ3v) is 3.97. The lowest BCUT2D eigenvalue weighted by Gasteiger charge is -2.30. The molecule has 0 N–H and O–H groups in total. The zero-order valence-corrected chi connectivity index (χ0v) is 12.1. The van der Waals surface area contributed by atoms with Crippen LogP contribution in [0.1, 0.15) is 30.3 Å². The first-order chi connectivity index (χ1) is 10.1. The Kier molecular flexibility index (Phi) is 3.92. The molecule has 1 aromatic heterocycles. The van der Waals surface area contributed by atoms with Gasteiger partial charge in [-0.15, -0.1) is 0 Å². The van der Waals surface area contributed by atoms with Crippen LogP contribution in [0, 0.1) is 6.92 Å². The van der Waals surface area contributed by atoms with Gasteiger partial charge in [-0.2, -0.15) is 0 Å². The molecule has 0 bridgehead atoms. The minimum atomic E-state index is -0.123. The highest BCUT2D eigenvalue weighted by Gasteiger charge is 2.33. The number of likely N-dealkylation sites (tertiary alicyclic amines) is 1. The van der Waals surface area contributed by atoms with E-state index < -0.39 is 0 Å². The second-order valence-corrected chi connectivity index (χ2v) is 5.48. The Hall–Kier alpha value is -1.89. The molecule has 2 fully saturated rings. The molecule has 1 unspecified atom stereocenters. The Morgan fingerprint density at radius 1 is 1.48 bits per heavy atom. The van der Waals surface area contributed by atoms with Gasteiger partial charge in [-0.05, 0) is 19.8 Å². The van der Waals surface area contributed by atoms with Gasteiger partial charge < -0.3 is 19.1 Å². The van der Waals surface area contributed by atoms with Gasteiger partial charge in [0.1, 0.15) is 18.1 Å². The second kappa shape index (κ2) is 5.85. The van der Waals surface area contributed by atoms with Gasteiger partial charge in [-0.25, -0.2) is 0 Å². The molecule has 2 aliphatic heterocycles. The van der Waals surface area contributed by atoms with Crippen LogP contribution in [-0.2, 0) is 14.3 Å². The van der Waals surface area contributed by atoms with Crippen LogP contribution >= 0.6 is 0 Å². The molecule has 21 heavy (non-hydrogen) atoms. The van der Waals surface area contributed by atoms with Crippen LogP contribution in [0.15, 0.2) is 10.6 Å². The Balaban J connectivity index is 1.67. The van der Waals surface area contributed by atoms with Gasteiger partial charge in [0.15, 0.2) is 0 Å². The summed E-state index contributed by atoms with van der Waals surface area (Å²) in [4.78, 5) is 27.6. The van der Waals surface area contributed by atoms with Crippen molar-refractivity contribution in [1.82, 2.24) is 15.0 Å². The minimum absolute atomic E-state index is 0.0339. The average Bonchev–Trinajstić information content (AvgIpc) is 3.09. The summed E-state index contributed by atoms with van der Waals surface area (Å²) < 4.78 is 10.2. The summed E-state index contributed by atoms with van der Waals surface area (Å²) in [7, 11) is 0. The molecule has 0 radical (unpaired) electrons. The number of aromatic nitrogens is 1. The molecule has 0 aliphatic carbocycles. The summed E-state index contributed by atoms with van der Waals surface area (Å²) in [5, 5.41) is 4.02. The number of hydrogen-bond acceptors (Lipinski definition) is 5. The molecule has 2 amide bonds. The van der Waals surface area contributed by atoms with E-state index in [9.17, 15) is 9.59 Å². The Morgan fingerprint density at radius 2 is 2.33 bits per heavy atom. The third kappa shape index (κ3) is 2.92. The first-order valence-corrected chi connectivity index (χ1v) is 7.23. The summed E-state index contributed by atoms with van der Waals surface area (Å²) in [6.45, 7) is 3.70. The van der Waals surface area contributed by atoms with Crippen LogP contribution in [0.2, 0.25) is 0 Å². The summed E-state index contributed by atoms with van der Waals surface area (Å²) >= 11 is 0. The number of hydrogen-bond donors (Lipinski definition) is 0. The van der Waals surface area contributed by atoms with E-state index in [1.165, 1.54) is 0 Å². The minimum Gasteiger partial charge on any atom is -0.370 e. The van der Waals surface area contributed by atoms with E-state index in [1.807, 2.05) is 13.0 Å². The van der Waals surface area contributed by atoms with Crippen LogP contribution in [-0.4, -0.2) is 59.6 Å². The predicted octanol–water partition coefficient (Wildman–Crippen LogP) is 0.505. The number of aryl methyl sites for hydroxylation is 1. The van der Waals surface area contributed by atoms with E-state index in [-0.39, 0.29) is 31.0 Å². The van der Waals surface area contributed by atoms with Crippen LogP contribution in [0.5, 0.6) is 0 Å². The molecule has 7 heteroatoms. The van der Waals surface area contributed by atoms with Gasteiger partial charge in [0.2, 0.25) is 11.8 Å². The maximum absolute atomic E-state index is 12.5. The summed E-state index contributed by atoms with van der Waals surface area (Å²) in [5.74, 6) is 0.587. The number of ether oxygens (including phenoxy) is 1. The predicted molar refractivity (Wildman–Crippen MR) is 72.3 cm³/mol. The first-order valence-electron chi connectivity index (χ1n) is 7.23. The fourth-order valence-corrected chi connectivity index (χ4v) is 2.89. The van der Waals surface area contributed by atoms with Crippen LogP contribution < -0.4 is 0 Å². The van der Waals surface area contributed by atoms with Crippen molar-refractivity contribution < 1.29 is 18.8 Å². The van der Waals surface area contributed by atoms with E-state index in [0.717, 1.165) is 24.3 Å². The smallest absolute Gasteiger partial charge is 0.249 e. The van der Waals surface area contributed by atoms with E-state index in [0.29, 0.717) is 19.7 Å². The Labute approximate surface area is 122 Å². The Morgan fingerprint density at radius 3 is 3.05 bits per heavy atom. The number of carbonyl (C=O) groups is 2. The van der Waals surface area contributed by atoms with Gasteiger partial charge in [0.05, 0.1) is 19.2 Å². The molecule has 0 aromatic carbocycles. The Bertz CT molecular complexity index is 542.